The van der Waals surface area contributed by atoms with Gasteiger partial charge in [0, 0.05) is 31.1 Å². The molecule has 30 heavy (non-hydrogen) atoms. The Morgan fingerprint density at radius 3 is 2.63 bits per heavy atom. The number of allylic oxidation sites excluding steroid dienone is 4. The largest absolute Gasteiger partial charge is 0.507 e. The number of hydrogen-bond donors (Lipinski definition) is 2. The molecule has 164 valence electrons. The van der Waals surface area contributed by atoms with Crippen molar-refractivity contribution in [2.75, 3.05) is 6.61 Å². The van der Waals surface area contributed by atoms with Crippen molar-refractivity contribution in [3.05, 3.63) is 59.6 Å². The Hall–Kier alpha value is -2.60. The monoisotopic (exact) mass is 416 g/mol. The highest BCUT2D eigenvalue weighted by atomic mass is 16.5. The van der Waals surface area contributed by atoms with Crippen molar-refractivity contribution in [3.63, 3.8) is 0 Å². The maximum Gasteiger partial charge on any atom is 0.338 e. The van der Waals surface area contributed by atoms with Crippen LogP contribution in [0.3, 0.4) is 0 Å². The second kappa shape index (κ2) is 12.2. The van der Waals surface area contributed by atoms with Gasteiger partial charge < -0.3 is 19.7 Å². The summed E-state index contributed by atoms with van der Waals surface area (Å²) in [5, 5.41) is 20.9. The minimum absolute atomic E-state index is 0.00653. The van der Waals surface area contributed by atoms with E-state index in [1.54, 1.807) is 6.92 Å². The van der Waals surface area contributed by atoms with Gasteiger partial charge in [0.25, 0.3) is 0 Å². The van der Waals surface area contributed by atoms with E-state index in [1.165, 1.54) is 6.08 Å². The molecule has 0 aromatic heterocycles. The lowest BCUT2D eigenvalue weighted by Gasteiger charge is -2.24. The normalized spacial score (nSPS) is 28.8. The summed E-state index contributed by atoms with van der Waals surface area (Å²) < 4.78 is 11.0. The molecule has 2 atom stereocenters. The quantitative estimate of drug-likeness (QED) is 0.222. The number of ether oxygens (including phenoxy) is 2. The van der Waals surface area contributed by atoms with E-state index in [0.29, 0.717) is 18.6 Å². The van der Waals surface area contributed by atoms with Crippen LogP contribution in [0.4, 0.5) is 0 Å². The highest BCUT2D eigenvalue weighted by Crippen LogP contribution is 2.24. The zero-order valence-electron chi connectivity index (χ0n) is 17.6. The number of hydrogen-bond acceptors (Lipinski definition) is 6. The number of ketones is 1. The molecular formula is C24H32O6. The molecule has 0 bridgehead atoms. The Labute approximate surface area is 178 Å². The van der Waals surface area contributed by atoms with Crippen LogP contribution in [0.5, 0.6) is 0 Å². The van der Waals surface area contributed by atoms with E-state index in [0.717, 1.165) is 38.2 Å². The molecule has 0 aromatic rings. The first kappa shape index (κ1) is 23.7. The first-order valence-corrected chi connectivity index (χ1v) is 10.6. The molecule has 6 heteroatoms. The number of carbonyl (C=O) groups excluding carboxylic acids is 2. The van der Waals surface area contributed by atoms with Crippen molar-refractivity contribution in [2.24, 2.45) is 0 Å². The molecule has 2 heterocycles. The third kappa shape index (κ3) is 7.67. The Kier molecular flexibility index (Phi) is 9.61. The van der Waals surface area contributed by atoms with E-state index in [1.807, 2.05) is 18.2 Å². The lowest BCUT2D eigenvalue weighted by molar-refractivity contribution is -0.143. The standard InChI is InChI=1S/C24H32O6/c1-17-10-6-4-3-5-7-11-19(25)13-14-20(24(28)30-17)22(27)16-21(26)18(2)23-12-8-9-15-29-23/h4,6-7,11,16-17,23,26-27H,2-3,5,8-10,12-15H2,1H3/b6-4+,11-7+,21-16+,22-20-/t17-,23?/m1/s1. The maximum atomic E-state index is 12.6. The second-order valence-electron chi connectivity index (χ2n) is 7.64. The van der Waals surface area contributed by atoms with Crippen LogP contribution in [0.25, 0.3) is 0 Å². The van der Waals surface area contributed by atoms with Crippen molar-refractivity contribution in [1.82, 2.24) is 0 Å². The molecule has 0 aliphatic carbocycles. The molecule has 0 spiro atoms. The van der Waals surface area contributed by atoms with Gasteiger partial charge in [0.15, 0.2) is 5.78 Å². The van der Waals surface area contributed by atoms with Gasteiger partial charge >= 0.3 is 5.97 Å². The zero-order valence-corrected chi connectivity index (χ0v) is 17.6. The average molecular weight is 417 g/mol. The van der Waals surface area contributed by atoms with Crippen LogP contribution in [0.15, 0.2) is 59.6 Å². The first-order valence-electron chi connectivity index (χ1n) is 10.6. The van der Waals surface area contributed by atoms with Crippen LogP contribution in [-0.2, 0) is 19.1 Å². The summed E-state index contributed by atoms with van der Waals surface area (Å²) in [7, 11) is 0. The van der Waals surface area contributed by atoms with Gasteiger partial charge in [-0.2, -0.15) is 0 Å². The summed E-state index contributed by atoms with van der Waals surface area (Å²) in [5.74, 6) is -1.52. The molecule has 1 saturated heterocycles. The van der Waals surface area contributed by atoms with Crippen LogP contribution in [0.2, 0.25) is 0 Å². The number of esters is 1. The van der Waals surface area contributed by atoms with Crippen LogP contribution >= 0.6 is 0 Å². The molecule has 2 rings (SSSR count). The molecule has 6 nitrogen and oxygen atoms in total. The number of rotatable bonds is 3. The van der Waals surface area contributed by atoms with Gasteiger partial charge in [-0.3, -0.25) is 4.79 Å². The third-order valence-corrected chi connectivity index (χ3v) is 5.09. The molecule has 0 saturated carbocycles. The Balaban J connectivity index is 2.23. The fourth-order valence-electron chi connectivity index (χ4n) is 3.27. The van der Waals surface area contributed by atoms with Gasteiger partial charge in [-0.15, -0.1) is 0 Å². The highest BCUT2D eigenvalue weighted by Gasteiger charge is 2.22. The van der Waals surface area contributed by atoms with Gasteiger partial charge in [0.05, 0.1) is 11.7 Å². The maximum absolute atomic E-state index is 12.6. The van der Waals surface area contributed by atoms with Gasteiger partial charge in [0.1, 0.15) is 17.6 Å². The fraction of sp³-hybridized carbons (Fsp3) is 0.500. The van der Waals surface area contributed by atoms with Crippen LogP contribution < -0.4 is 0 Å². The summed E-state index contributed by atoms with van der Waals surface area (Å²) in [6.07, 6.45) is 12.5. The Bertz CT molecular complexity index is 750. The van der Waals surface area contributed by atoms with Crippen molar-refractivity contribution in [2.45, 2.75) is 70.5 Å². The molecule has 1 fully saturated rings. The summed E-state index contributed by atoms with van der Waals surface area (Å²) in [6.45, 7) is 6.22. The molecular weight excluding hydrogens is 384 g/mol. The van der Waals surface area contributed by atoms with Crippen molar-refractivity contribution < 1.29 is 29.3 Å². The third-order valence-electron chi connectivity index (χ3n) is 5.09. The second-order valence-corrected chi connectivity index (χ2v) is 7.64. The van der Waals surface area contributed by atoms with Crippen molar-refractivity contribution >= 4 is 11.8 Å². The van der Waals surface area contributed by atoms with Crippen molar-refractivity contribution in [1.29, 1.82) is 0 Å². The molecule has 1 unspecified atom stereocenters. The Morgan fingerprint density at radius 2 is 1.90 bits per heavy atom. The number of aliphatic hydroxyl groups is 2. The average Bonchev–Trinajstić information content (AvgIpc) is 2.72. The fourth-order valence-corrected chi connectivity index (χ4v) is 3.27. The molecule has 0 radical (unpaired) electrons. The van der Waals surface area contributed by atoms with Gasteiger partial charge in [0.2, 0.25) is 0 Å². The predicted octanol–water partition coefficient (Wildman–Crippen LogP) is 4.94. The van der Waals surface area contributed by atoms with E-state index in [-0.39, 0.29) is 42.2 Å². The van der Waals surface area contributed by atoms with Crippen LogP contribution in [0, 0.1) is 0 Å². The first-order chi connectivity index (χ1) is 14.4. The topological polar surface area (TPSA) is 93.1 Å². The number of cyclic esters (lactones) is 1. The molecule has 2 aliphatic rings. The van der Waals surface area contributed by atoms with Gasteiger partial charge in [-0.25, -0.2) is 4.79 Å². The molecule has 0 aromatic carbocycles. The van der Waals surface area contributed by atoms with E-state index in [4.69, 9.17) is 9.47 Å². The van der Waals surface area contributed by atoms with E-state index in [9.17, 15) is 19.8 Å². The molecule has 0 amide bonds. The highest BCUT2D eigenvalue weighted by molar-refractivity contribution is 5.93. The van der Waals surface area contributed by atoms with Crippen LogP contribution in [0.1, 0.15) is 58.3 Å². The van der Waals surface area contributed by atoms with Gasteiger partial charge in [-0.05, 0) is 51.5 Å². The zero-order chi connectivity index (χ0) is 21.9. The lowest BCUT2D eigenvalue weighted by atomic mass is 10.00. The van der Waals surface area contributed by atoms with Gasteiger partial charge in [-0.1, -0.05) is 24.8 Å². The lowest BCUT2D eigenvalue weighted by Crippen LogP contribution is -2.22. The summed E-state index contributed by atoms with van der Waals surface area (Å²) >= 11 is 0. The summed E-state index contributed by atoms with van der Waals surface area (Å²) in [5.41, 5.74) is 0.308. The Morgan fingerprint density at radius 1 is 1.13 bits per heavy atom. The summed E-state index contributed by atoms with van der Waals surface area (Å²) in [6, 6.07) is 0. The summed E-state index contributed by atoms with van der Waals surface area (Å²) in [4.78, 5) is 24.7. The smallest absolute Gasteiger partial charge is 0.338 e. The molecule has 2 N–H and O–H groups in total. The van der Waals surface area contributed by atoms with E-state index < -0.39 is 11.7 Å². The predicted molar refractivity (Wildman–Crippen MR) is 115 cm³/mol. The SMILES string of the molecule is C=C(/C(O)=C\C(O)=C1/CCC(=O)/C=C/CC/C=C/C[C@@H](C)OC1=O)C1CCCCO1. The minimum atomic E-state index is -0.703. The van der Waals surface area contributed by atoms with Crippen molar-refractivity contribution in [3.8, 4) is 0 Å². The van der Waals surface area contributed by atoms with Crippen LogP contribution in [-0.4, -0.2) is 40.8 Å². The number of carbonyl (C=O) groups is 2. The van der Waals surface area contributed by atoms with E-state index in [2.05, 4.69) is 6.58 Å². The number of aliphatic hydroxyl groups excluding tert-OH is 2. The minimum Gasteiger partial charge on any atom is -0.507 e. The molecule has 2 aliphatic heterocycles. The van der Waals surface area contributed by atoms with E-state index >= 15 is 0 Å².